The van der Waals surface area contributed by atoms with Crippen LogP contribution in [0.2, 0.25) is 0 Å². The molecule has 0 saturated carbocycles. The molecule has 0 aliphatic heterocycles. The number of aromatic nitrogens is 4. The summed E-state index contributed by atoms with van der Waals surface area (Å²) in [7, 11) is 0. The van der Waals surface area contributed by atoms with E-state index in [-0.39, 0.29) is 0 Å². The molecular weight excluding hydrogens is 621 g/mol. The van der Waals surface area contributed by atoms with Crippen LogP contribution in [-0.2, 0) is 0 Å². The Hall–Kier alpha value is -6.91. The van der Waals surface area contributed by atoms with Crippen LogP contribution in [0, 0.1) is 0 Å². The largest absolute Gasteiger partial charge is 0.308 e. The quantitative estimate of drug-likeness (QED) is 0.186. The van der Waals surface area contributed by atoms with Gasteiger partial charge in [-0.3, -0.25) is 0 Å². The van der Waals surface area contributed by atoms with Gasteiger partial charge in [-0.25, -0.2) is 15.0 Å². The monoisotopic (exact) mass is 650 g/mol. The zero-order valence-corrected chi connectivity index (χ0v) is 27.6. The predicted molar refractivity (Wildman–Crippen MR) is 211 cm³/mol. The molecule has 2 aromatic heterocycles. The van der Waals surface area contributed by atoms with E-state index in [0.717, 1.165) is 38.7 Å². The average molecular weight is 651 g/mol. The number of hydrogen-bond acceptors (Lipinski definition) is 3. The van der Waals surface area contributed by atoms with Crippen LogP contribution in [0.5, 0.6) is 0 Å². The molecule has 0 radical (unpaired) electrons. The van der Waals surface area contributed by atoms with Gasteiger partial charge in [0.05, 0.1) is 16.7 Å². The van der Waals surface area contributed by atoms with Gasteiger partial charge in [0.25, 0.3) is 0 Å². The molecule has 0 saturated heterocycles. The molecule has 0 amide bonds. The summed E-state index contributed by atoms with van der Waals surface area (Å²) in [4.78, 5) is 15.2. The Bertz CT molecular complexity index is 2840. The summed E-state index contributed by atoms with van der Waals surface area (Å²) in [5.41, 5.74) is 8.62. The van der Waals surface area contributed by atoms with Gasteiger partial charge in [0.2, 0.25) is 0 Å². The van der Waals surface area contributed by atoms with E-state index in [0.29, 0.717) is 17.5 Å². The van der Waals surface area contributed by atoms with E-state index in [1.54, 1.807) is 0 Å². The molecule has 0 unspecified atom stereocenters. The highest BCUT2D eigenvalue weighted by Gasteiger charge is 2.20. The minimum atomic E-state index is 0.631. The molecule has 0 N–H and O–H groups in total. The average Bonchev–Trinajstić information content (AvgIpc) is 3.55. The van der Waals surface area contributed by atoms with Crippen LogP contribution in [0.25, 0.3) is 94.3 Å². The van der Waals surface area contributed by atoms with Gasteiger partial charge in [0.15, 0.2) is 17.5 Å². The number of benzene rings is 8. The van der Waals surface area contributed by atoms with Crippen LogP contribution in [0.1, 0.15) is 0 Å². The molecule has 0 atom stereocenters. The molecule has 51 heavy (non-hydrogen) atoms. The lowest BCUT2D eigenvalue weighted by atomic mass is 10.0. The zero-order valence-electron chi connectivity index (χ0n) is 27.6. The fourth-order valence-corrected chi connectivity index (χ4v) is 7.38. The molecule has 0 bridgehead atoms. The van der Waals surface area contributed by atoms with Gasteiger partial charge in [0.1, 0.15) is 0 Å². The fraction of sp³-hybridized carbons (Fsp3) is 0. The van der Waals surface area contributed by atoms with Gasteiger partial charge >= 0.3 is 0 Å². The van der Waals surface area contributed by atoms with Crippen LogP contribution in [0.15, 0.2) is 182 Å². The van der Waals surface area contributed by atoms with Crippen LogP contribution in [0.3, 0.4) is 0 Å². The standard InChI is InChI=1S/C47H30N4/c1-4-14-31(15-5-1)35-25-27-42-41(29-35)40-26-24-32-16-10-13-23-39(32)44(40)51(42)43-30-37(28-36-21-11-12-22-38(36)43)47-49-45(33-17-6-2-7-18-33)48-46(50-47)34-19-8-3-9-20-34/h1-30H. The molecule has 0 aliphatic carbocycles. The van der Waals surface area contributed by atoms with E-state index in [4.69, 9.17) is 15.0 Å². The van der Waals surface area contributed by atoms with Crippen molar-refractivity contribution in [3.05, 3.63) is 182 Å². The topological polar surface area (TPSA) is 43.6 Å². The second-order valence-electron chi connectivity index (χ2n) is 12.9. The van der Waals surface area contributed by atoms with Crippen molar-refractivity contribution in [1.82, 2.24) is 19.5 Å². The highest BCUT2D eigenvalue weighted by molar-refractivity contribution is 6.20. The summed E-state index contributed by atoms with van der Waals surface area (Å²) in [5, 5.41) is 7.11. The molecule has 10 aromatic rings. The van der Waals surface area contributed by atoms with Crippen molar-refractivity contribution in [1.29, 1.82) is 0 Å². The first kappa shape index (κ1) is 29.0. The van der Waals surface area contributed by atoms with Crippen molar-refractivity contribution in [2.45, 2.75) is 0 Å². The van der Waals surface area contributed by atoms with E-state index < -0.39 is 0 Å². The lowest BCUT2D eigenvalue weighted by molar-refractivity contribution is 1.07. The first-order valence-electron chi connectivity index (χ1n) is 17.2. The summed E-state index contributed by atoms with van der Waals surface area (Å²) >= 11 is 0. The Kier molecular flexibility index (Phi) is 6.78. The van der Waals surface area contributed by atoms with Crippen LogP contribution in [-0.4, -0.2) is 19.5 Å². The Morgan fingerprint density at radius 3 is 1.53 bits per heavy atom. The number of hydrogen-bond donors (Lipinski definition) is 0. The second kappa shape index (κ2) is 11.9. The number of fused-ring (bicyclic) bond motifs is 6. The molecule has 4 nitrogen and oxygen atoms in total. The molecule has 8 aromatic carbocycles. The van der Waals surface area contributed by atoms with Gasteiger partial charge in [-0.1, -0.05) is 158 Å². The van der Waals surface area contributed by atoms with Gasteiger partial charge in [-0.05, 0) is 46.2 Å². The minimum Gasteiger partial charge on any atom is -0.308 e. The van der Waals surface area contributed by atoms with Crippen LogP contribution < -0.4 is 0 Å². The second-order valence-corrected chi connectivity index (χ2v) is 12.9. The van der Waals surface area contributed by atoms with Gasteiger partial charge in [-0.2, -0.15) is 0 Å². The molecule has 4 heteroatoms. The van der Waals surface area contributed by atoms with E-state index >= 15 is 0 Å². The maximum atomic E-state index is 5.12. The zero-order chi connectivity index (χ0) is 33.7. The maximum absolute atomic E-state index is 5.12. The van der Waals surface area contributed by atoms with E-state index in [2.05, 4.69) is 126 Å². The molecule has 2 heterocycles. The van der Waals surface area contributed by atoms with E-state index in [1.165, 1.54) is 38.2 Å². The highest BCUT2D eigenvalue weighted by atomic mass is 15.0. The Balaban J connectivity index is 1.29. The van der Waals surface area contributed by atoms with Crippen LogP contribution in [0.4, 0.5) is 0 Å². The summed E-state index contributed by atoms with van der Waals surface area (Å²) in [5.74, 6) is 1.92. The third-order valence-corrected chi connectivity index (χ3v) is 9.80. The molecule has 0 aliphatic rings. The maximum Gasteiger partial charge on any atom is 0.164 e. The van der Waals surface area contributed by atoms with Gasteiger partial charge in [0, 0.05) is 38.2 Å². The summed E-state index contributed by atoms with van der Waals surface area (Å²) in [6.07, 6.45) is 0. The van der Waals surface area contributed by atoms with E-state index in [9.17, 15) is 0 Å². The SMILES string of the molecule is c1ccc(-c2ccc3c(c2)c2ccc4ccccc4c2n3-c2cc(-c3nc(-c4ccccc4)nc(-c4ccccc4)n3)cc3ccccc23)cc1. The van der Waals surface area contributed by atoms with Crippen molar-refractivity contribution in [3.63, 3.8) is 0 Å². The fourth-order valence-electron chi connectivity index (χ4n) is 7.38. The summed E-state index contributed by atoms with van der Waals surface area (Å²) < 4.78 is 2.45. The molecule has 0 spiro atoms. The molecule has 238 valence electrons. The van der Waals surface area contributed by atoms with Gasteiger partial charge < -0.3 is 4.57 Å². The van der Waals surface area contributed by atoms with Crippen molar-refractivity contribution in [2.24, 2.45) is 0 Å². The van der Waals surface area contributed by atoms with Gasteiger partial charge in [-0.15, -0.1) is 0 Å². The van der Waals surface area contributed by atoms with Crippen molar-refractivity contribution in [2.75, 3.05) is 0 Å². The summed E-state index contributed by atoms with van der Waals surface area (Å²) in [6, 6.07) is 64.0. The van der Waals surface area contributed by atoms with Crippen molar-refractivity contribution < 1.29 is 0 Å². The first-order valence-corrected chi connectivity index (χ1v) is 17.2. The third-order valence-electron chi connectivity index (χ3n) is 9.80. The predicted octanol–water partition coefficient (Wildman–Crippen LogP) is 11.9. The summed E-state index contributed by atoms with van der Waals surface area (Å²) in [6.45, 7) is 0. The molecular formula is C47H30N4. The lowest BCUT2D eigenvalue weighted by Gasteiger charge is -2.16. The Morgan fingerprint density at radius 1 is 0.314 bits per heavy atom. The smallest absolute Gasteiger partial charge is 0.164 e. The van der Waals surface area contributed by atoms with E-state index in [1.807, 2.05) is 60.7 Å². The first-order chi connectivity index (χ1) is 25.3. The minimum absolute atomic E-state index is 0.631. The van der Waals surface area contributed by atoms with Crippen molar-refractivity contribution in [3.8, 4) is 51.0 Å². The Labute approximate surface area is 295 Å². The lowest BCUT2D eigenvalue weighted by Crippen LogP contribution is -2.02. The van der Waals surface area contributed by atoms with Crippen LogP contribution >= 0.6 is 0 Å². The number of nitrogens with zero attached hydrogens (tertiary/aromatic N) is 4. The normalized spacial score (nSPS) is 11.5. The Morgan fingerprint density at radius 2 is 0.863 bits per heavy atom. The number of rotatable bonds is 5. The van der Waals surface area contributed by atoms with Crippen molar-refractivity contribution >= 4 is 43.4 Å². The molecule has 10 rings (SSSR count). The highest BCUT2D eigenvalue weighted by Crippen LogP contribution is 2.41. The third kappa shape index (κ3) is 4.96. The molecule has 0 fully saturated rings.